The Labute approximate surface area is 126 Å². The molecule has 4 nitrogen and oxygen atoms in total. The fourth-order valence-electron chi connectivity index (χ4n) is 2.19. The zero-order valence-electron chi connectivity index (χ0n) is 11.5. The highest BCUT2D eigenvalue weighted by Crippen LogP contribution is 2.31. The van der Waals surface area contributed by atoms with E-state index in [1.165, 1.54) is 0 Å². The maximum Gasteiger partial charge on any atom is 0.261 e. The molecule has 1 atom stereocenters. The molecule has 21 heavy (non-hydrogen) atoms. The largest absolute Gasteiger partial charge is 0.485 e. The fraction of sp³-hybridized carbons (Fsp3) is 0.538. The van der Waals surface area contributed by atoms with E-state index >= 15 is 0 Å². The third kappa shape index (κ3) is 4.05. The van der Waals surface area contributed by atoms with E-state index in [0.717, 1.165) is 12.8 Å². The lowest BCUT2D eigenvalue weighted by molar-refractivity contribution is -0.0335. The SMILES string of the molecule is CC1(C)CCC(COc2c(F)cc(S(=O)(=O)Cl)cc2F)O1. The molecule has 1 aromatic carbocycles. The van der Waals surface area contributed by atoms with Gasteiger partial charge in [0.15, 0.2) is 17.4 Å². The zero-order valence-corrected chi connectivity index (χ0v) is 13.1. The summed E-state index contributed by atoms with van der Waals surface area (Å²) in [6.07, 6.45) is 1.30. The van der Waals surface area contributed by atoms with E-state index in [4.69, 9.17) is 20.2 Å². The second-order valence-electron chi connectivity index (χ2n) is 5.50. The minimum absolute atomic E-state index is 0.00968. The smallest absolute Gasteiger partial charge is 0.261 e. The van der Waals surface area contributed by atoms with Crippen molar-refractivity contribution in [3.8, 4) is 5.75 Å². The Morgan fingerprint density at radius 2 is 1.95 bits per heavy atom. The van der Waals surface area contributed by atoms with Crippen molar-refractivity contribution >= 4 is 19.7 Å². The van der Waals surface area contributed by atoms with E-state index in [2.05, 4.69) is 0 Å². The normalized spacial score (nSPS) is 21.5. The molecule has 1 aromatic rings. The van der Waals surface area contributed by atoms with Crippen LogP contribution in [-0.2, 0) is 13.8 Å². The molecule has 1 saturated heterocycles. The third-order valence-electron chi connectivity index (χ3n) is 3.22. The summed E-state index contributed by atoms with van der Waals surface area (Å²) in [5.74, 6) is -2.87. The third-order valence-corrected chi connectivity index (χ3v) is 4.55. The van der Waals surface area contributed by atoms with Gasteiger partial charge in [0, 0.05) is 10.7 Å². The van der Waals surface area contributed by atoms with Crippen LogP contribution in [0.25, 0.3) is 0 Å². The van der Waals surface area contributed by atoms with E-state index in [9.17, 15) is 17.2 Å². The Morgan fingerprint density at radius 1 is 1.38 bits per heavy atom. The highest BCUT2D eigenvalue weighted by Gasteiger charge is 2.32. The molecule has 0 aromatic heterocycles. The monoisotopic (exact) mass is 340 g/mol. The van der Waals surface area contributed by atoms with Crippen molar-refractivity contribution in [3.05, 3.63) is 23.8 Å². The van der Waals surface area contributed by atoms with E-state index in [1.54, 1.807) is 0 Å². The second-order valence-corrected chi connectivity index (χ2v) is 8.07. The molecule has 0 bridgehead atoms. The van der Waals surface area contributed by atoms with Crippen LogP contribution in [-0.4, -0.2) is 26.7 Å². The molecule has 2 rings (SSSR count). The van der Waals surface area contributed by atoms with Gasteiger partial charge in [-0.2, -0.15) is 0 Å². The van der Waals surface area contributed by atoms with Crippen LogP contribution < -0.4 is 4.74 Å². The Balaban J connectivity index is 2.11. The number of ether oxygens (including phenoxy) is 2. The first kappa shape index (κ1) is 16.5. The van der Waals surface area contributed by atoms with Gasteiger partial charge < -0.3 is 9.47 Å². The standard InChI is InChI=1S/C13H15ClF2O4S/c1-13(2)4-3-8(20-13)7-19-12-10(15)5-9(6-11(12)16)21(14,17)18/h5-6,8H,3-4,7H2,1-2H3. The minimum atomic E-state index is -4.20. The van der Waals surface area contributed by atoms with Gasteiger partial charge >= 0.3 is 0 Å². The molecule has 1 aliphatic heterocycles. The van der Waals surface area contributed by atoms with Gasteiger partial charge in [-0.25, -0.2) is 17.2 Å². The van der Waals surface area contributed by atoms with Crippen LogP contribution in [0.1, 0.15) is 26.7 Å². The van der Waals surface area contributed by atoms with E-state index in [-0.39, 0.29) is 18.3 Å². The quantitative estimate of drug-likeness (QED) is 0.790. The van der Waals surface area contributed by atoms with Crippen LogP contribution in [0.5, 0.6) is 5.75 Å². The molecule has 0 radical (unpaired) electrons. The molecule has 118 valence electrons. The molecule has 1 aliphatic rings. The van der Waals surface area contributed by atoms with E-state index in [1.807, 2.05) is 13.8 Å². The predicted octanol–water partition coefficient (Wildman–Crippen LogP) is 3.23. The van der Waals surface area contributed by atoms with E-state index in [0.29, 0.717) is 12.1 Å². The molecule has 1 unspecified atom stereocenters. The molecule has 0 aliphatic carbocycles. The lowest BCUT2D eigenvalue weighted by Crippen LogP contribution is -2.24. The van der Waals surface area contributed by atoms with Gasteiger partial charge in [0.1, 0.15) is 6.61 Å². The topological polar surface area (TPSA) is 52.6 Å². The fourth-order valence-corrected chi connectivity index (χ4v) is 2.94. The van der Waals surface area contributed by atoms with Gasteiger partial charge in [0.05, 0.1) is 16.6 Å². The lowest BCUT2D eigenvalue weighted by atomic mass is 10.1. The molecular weight excluding hydrogens is 326 g/mol. The number of halogens is 3. The van der Waals surface area contributed by atoms with Gasteiger partial charge in [-0.15, -0.1) is 0 Å². The Hall–Kier alpha value is -0.920. The minimum Gasteiger partial charge on any atom is -0.485 e. The van der Waals surface area contributed by atoms with Crippen LogP contribution in [0.4, 0.5) is 8.78 Å². The molecule has 1 fully saturated rings. The van der Waals surface area contributed by atoms with Crippen LogP contribution >= 0.6 is 10.7 Å². The van der Waals surface area contributed by atoms with Crippen LogP contribution in [0.2, 0.25) is 0 Å². The maximum absolute atomic E-state index is 13.7. The summed E-state index contributed by atoms with van der Waals surface area (Å²) in [4.78, 5) is -0.648. The maximum atomic E-state index is 13.7. The first-order valence-corrected chi connectivity index (χ1v) is 8.64. The predicted molar refractivity (Wildman–Crippen MR) is 73.1 cm³/mol. The summed E-state index contributed by atoms with van der Waals surface area (Å²) in [7, 11) is 0.846. The number of benzene rings is 1. The zero-order chi connectivity index (χ0) is 15.8. The van der Waals surface area contributed by atoms with Crippen molar-refractivity contribution in [2.75, 3.05) is 6.61 Å². The molecule has 8 heteroatoms. The second kappa shape index (κ2) is 5.70. The summed E-state index contributed by atoms with van der Waals surface area (Å²) < 4.78 is 60.3. The molecule has 1 heterocycles. The average Bonchev–Trinajstić information content (AvgIpc) is 2.66. The van der Waals surface area contributed by atoms with Crippen LogP contribution in [0.15, 0.2) is 17.0 Å². The summed E-state index contributed by atoms with van der Waals surface area (Å²) in [5.41, 5.74) is -0.276. The number of hydrogen-bond acceptors (Lipinski definition) is 4. The summed E-state index contributed by atoms with van der Waals surface area (Å²) in [6, 6.07) is 1.25. The van der Waals surface area contributed by atoms with Crippen molar-refractivity contribution in [3.63, 3.8) is 0 Å². The van der Waals surface area contributed by atoms with E-state index < -0.39 is 31.3 Å². The number of hydrogen-bond donors (Lipinski definition) is 0. The highest BCUT2D eigenvalue weighted by molar-refractivity contribution is 8.13. The lowest BCUT2D eigenvalue weighted by Gasteiger charge is -2.19. The number of rotatable bonds is 4. The van der Waals surface area contributed by atoms with Gasteiger partial charge in [0.2, 0.25) is 0 Å². The van der Waals surface area contributed by atoms with Crippen molar-refractivity contribution in [2.24, 2.45) is 0 Å². The van der Waals surface area contributed by atoms with Gasteiger partial charge in [-0.05, 0) is 38.8 Å². The first-order chi connectivity index (χ1) is 9.58. The van der Waals surface area contributed by atoms with Crippen molar-refractivity contribution in [2.45, 2.75) is 43.3 Å². The molecule has 0 amide bonds. The highest BCUT2D eigenvalue weighted by atomic mass is 35.7. The molecule has 0 saturated carbocycles. The van der Waals surface area contributed by atoms with Crippen LogP contribution in [0, 0.1) is 11.6 Å². The molecule has 0 N–H and O–H groups in total. The molecule has 0 spiro atoms. The van der Waals surface area contributed by atoms with Crippen molar-refractivity contribution in [1.29, 1.82) is 0 Å². The first-order valence-electron chi connectivity index (χ1n) is 6.33. The van der Waals surface area contributed by atoms with Gasteiger partial charge in [-0.3, -0.25) is 0 Å². The summed E-state index contributed by atoms with van der Waals surface area (Å²) in [6.45, 7) is 3.84. The van der Waals surface area contributed by atoms with Crippen molar-refractivity contribution in [1.82, 2.24) is 0 Å². The Bertz CT molecular complexity index is 623. The summed E-state index contributed by atoms with van der Waals surface area (Å²) in [5, 5.41) is 0. The van der Waals surface area contributed by atoms with Gasteiger partial charge in [-0.1, -0.05) is 0 Å². The Morgan fingerprint density at radius 3 is 2.38 bits per heavy atom. The summed E-state index contributed by atoms with van der Waals surface area (Å²) >= 11 is 0. The Kier molecular flexibility index (Phi) is 4.46. The molecular formula is C13H15ClF2O4S. The van der Waals surface area contributed by atoms with Gasteiger partial charge in [0.25, 0.3) is 9.05 Å². The van der Waals surface area contributed by atoms with Crippen LogP contribution in [0.3, 0.4) is 0 Å². The van der Waals surface area contributed by atoms with Crippen molar-refractivity contribution < 1.29 is 26.7 Å². The average molecular weight is 341 g/mol.